The summed E-state index contributed by atoms with van der Waals surface area (Å²) in [4.78, 5) is 15.1. The van der Waals surface area contributed by atoms with E-state index in [2.05, 4.69) is 246 Å². The average molecular weight is 1030 g/mol. The fraction of sp³-hybridized carbons (Fsp3) is 0.0132. The third-order valence-electron chi connectivity index (χ3n) is 16.6. The van der Waals surface area contributed by atoms with Crippen LogP contribution in [0.25, 0.3) is 123 Å². The van der Waals surface area contributed by atoms with Gasteiger partial charge >= 0.3 is 0 Å². The first-order valence-corrected chi connectivity index (χ1v) is 27.7. The highest BCUT2D eigenvalue weighted by atomic mass is 15.0. The lowest BCUT2D eigenvalue weighted by Crippen LogP contribution is -2.28. The van der Waals surface area contributed by atoms with Crippen LogP contribution < -0.4 is 0 Å². The lowest BCUT2D eigenvalue weighted by molar-refractivity contribution is 0.767. The van der Waals surface area contributed by atoms with Gasteiger partial charge in [0, 0.05) is 49.6 Å². The molecule has 1 aliphatic carbocycles. The number of benzene rings is 12. The number of hydrogen-bond acceptors (Lipinski definition) is 3. The Morgan fingerprint density at radius 2 is 0.642 bits per heavy atom. The minimum Gasteiger partial charge on any atom is -0.309 e. The number of para-hydroxylation sites is 1. The van der Waals surface area contributed by atoms with E-state index in [9.17, 15) is 0 Å². The van der Waals surface area contributed by atoms with Crippen LogP contribution >= 0.6 is 0 Å². The molecule has 0 N–H and O–H groups in total. The molecule has 0 radical (unpaired) electrons. The van der Waals surface area contributed by atoms with Crippen molar-refractivity contribution in [3.8, 4) is 78.9 Å². The summed E-state index contributed by atoms with van der Waals surface area (Å²) in [5.41, 5.74) is 21.3. The largest absolute Gasteiger partial charge is 0.309 e. The molecule has 12 aromatic carbocycles. The predicted molar refractivity (Wildman–Crippen MR) is 333 cm³/mol. The van der Waals surface area contributed by atoms with E-state index >= 15 is 0 Å². The van der Waals surface area contributed by atoms with E-state index in [0.717, 1.165) is 61.3 Å². The van der Waals surface area contributed by atoms with Gasteiger partial charge in [-0.25, -0.2) is 15.0 Å². The summed E-state index contributed by atoms with van der Waals surface area (Å²) in [5, 5.41) is 4.77. The van der Waals surface area contributed by atoms with Gasteiger partial charge in [0.1, 0.15) is 0 Å². The second-order valence-electron chi connectivity index (χ2n) is 21.1. The molecule has 5 nitrogen and oxygen atoms in total. The van der Waals surface area contributed by atoms with Crippen LogP contribution in [0.3, 0.4) is 0 Å². The zero-order valence-electron chi connectivity index (χ0n) is 44.0. The Labute approximate surface area is 469 Å². The molecule has 3 heterocycles. The number of aromatic nitrogens is 5. The smallest absolute Gasteiger partial charge is 0.164 e. The third kappa shape index (κ3) is 7.43. The summed E-state index contributed by atoms with van der Waals surface area (Å²) in [5.74, 6) is 1.89. The van der Waals surface area contributed by atoms with Crippen molar-refractivity contribution in [1.29, 1.82) is 0 Å². The van der Waals surface area contributed by atoms with E-state index in [1.54, 1.807) is 0 Å². The maximum atomic E-state index is 5.09. The fourth-order valence-corrected chi connectivity index (χ4v) is 13.0. The van der Waals surface area contributed by atoms with Crippen molar-refractivity contribution >= 4 is 43.6 Å². The zero-order valence-corrected chi connectivity index (χ0v) is 44.0. The quantitative estimate of drug-likeness (QED) is 0.145. The van der Waals surface area contributed by atoms with Crippen molar-refractivity contribution in [2.45, 2.75) is 5.41 Å². The molecule has 81 heavy (non-hydrogen) atoms. The topological polar surface area (TPSA) is 48.5 Å². The summed E-state index contributed by atoms with van der Waals surface area (Å²) >= 11 is 0. The normalized spacial score (nSPS) is 12.5. The van der Waals surface area contributed by atoms with Gasteiger partial charge in [0.05, 0.1) is 27.5 Å². The van der Waals surface area contributed by atoms with Crippen LogP contribution in [0.15, 0.2) is 297 Å². The van der Waals surface area contributed by atoms with Crippen molar-refractivity contribution in [2.75, 3.05) is 0 Å². The van der Waals surface area contributed by atoms with Gasteiger partial charge in [0.25, 0.3) is 0 Å². The molecule has 0 bridgehead atoms. The first-order chi connectivity index (χ1) is 40.2. The van der Waals surface area contributed by atoms with Gasteiger partial charge in [-0.2, -0.15) is 0 Å². The van der Waals surface area contributed by atoms with Gasteiger partial charge in [0.15, 0.2) is 17.5 Å². The number of hydrogen-bond donors (Lipinski definition) is 0. The van der Waals surface area contributed by atoms with Gasteiger partial charge in [-0.05, 0) is 122 Å². The van der Waals surface area contributed by atoms with Gasteiger partial charge in [-0.15, -0.1) is 0 Å². The Balaban J connectivity index is 0.851. The zero-order chi connectivity index (χ0) is 53.4. The Morgan fingerprint density at radius 1 is 0.235 bits per heavy atom. The minimum atomic E-state index is -0.519. The number of rotatable bonds is 9. The molecule has 0 fully saturated rings. The van der Waals surface area contributed by atoms with Gasteiger partial charge in [-0.1, -0.05) is 231 Å². The monoisotopic (exact) mass is 1030 g/mol. The van der Waals surface area contributed by atoms with Crippen LogP contribution in [-0.2, 0) is 5.41 Å². The molecule has 16 rings (SSSR count). The minimum absolute atomic E-state index is 0.519. The maximum Gasteiger partial charge on any atom is 0.164 e. The van der Waals surface area contributed by atoms with E-state index in [1.807, 2.05) is 60.7 Å². The van der Waals surface area contributed by atoms with Crippen molar-refractivity contribution in [2.24, 2.45) is 0 Å². The average Bonchev–Trinajstić information content (AvgIpc) is 4.09. The Hall–Kier alpha value is -10.8. The molecule has 0 unspecified atom stereocenters. The molecule has 0 saturated carbocycles. The van der Waals surface area contributed by atoms with Crippen LogP contribution in [0, 0.1) is 0 Å². The molecule has 0 atom stereocenters. The van der Waals surface area contributed by atoms with E-state index in [0.29, 0.717) is 17.5 Å². The highest BCUT2D eigenvalue weighted by Gasteiger charge is 2.46. The van der Waals surface area contributed by atoms with E-state index in [-0.39, 0.29) is 0 Å². The molecule has 0 spiro atoms. The summed E-state index contributed by atoms with van der Waals surface area (Å²) in [7, 11) is 0. The van der Waals surface area contributed by atoms with Crippen molar-refractivity contribution in [3.05, 3.63) is 320 Å². The number of nitrogens with zero attached hydrogens (tertiary/aromatic N) is 5. The molecule has 0 saturated heterocycles. The van der Waals surface area contributed by atoms with Gasteiger partial charge in [0.2, 0.25) is 0 Å². The lowest BCUT2D eigenvalue weighted by atomic mass is 9.67. The molecule has 5 heteroatoms. The Morgan fingerprint density at radius 3 is 1.21 bits per heavy atom. The van der Waals surface area contributed by atoms with Crippen molar-refractivity contribution < 1.29 is 0 Å². The van der Waals surface area contributed by atoms with Gasteiger partial charge < -0.3 is 9.13 Å². The summed E-state index contributed by atoms with van der Waals surface area (Å²) in [6.45, 7) is 0. The molecular weight excluding hydrogens is 983 g/mol. The first kappa shape index (κ1) is 46.4. The van der Waals surface area contributed by atoms with Crippen molar-refractivity contribution in [3.63, 3.8) is 0 Å². The molecule has 3 aromatic heterocycles. The predicted octanol–water partition coefficient (Wildman–Crippen LogP) is 18.8. The highest BCUT2D eigenvalue weighted by molar-refractivity contribution is 6.13. The first-order valence-electron chi connectivity index (χ1n) is 27.7. The molecular formula is C76H49N5. The van der Waals surface area contributed by atoms with Crippen LogP contribution in [0.2, 0.25) is 0 Å². The number of fused-ring (bicyclic) bond motifs is 9. The second kappa shape index (κ2) is 18.7. The summed E-state index contributed by atoms with van der Waals surface area (Å²) in [6, 6.07) is 108. The molecule has 1 aliphatic rings. The van der Waals surface area contributed by atoms with Crippen LogP contribution in [0.5, 0.6) is 0 Å². The maximum absolute atomic E-state index is 5.09. The summed E-state index contributed by atoms with van der Waals surface area (Å²) in [6.07, 6.45) is 0. The lowest BCUT2D eigenvalue weighted by Gasteiger charge is -2.34. The molecule has 15 aromatic rings. The van der Waals surface area contributed by atoms with Gasteiger partial charge in [-0.3, -0.25) is 0 Å². The third-order valence-corrected chi connectivity index (χ3v) is 16.6. The summed E-state index contributed by atoms with van der Waals surface area (Å²) < 4.78 is 4.86. The van der Waals surface area contributed by atoms with Crippen LogP contribution in [0.4, 0.5) is 0 Å². The Kier molecular flexibility index (Phi) is 10.7. The standard InChI is InChI=1S/C76H49N5/c1-6-21-50(22-7-1)53-37-42-71-65(46-53)66-48-55(39-44-72(66)81(71)60-40-41-62-61-33-16-18-35-67(61)76(68(62)49-60,57-28-12-4-13-29-57)58-30-14-5-15-31-58)54-38-43-70-64(47-54)63-34-17-19-36-69(63)80(70)59-32-20-27-56(45-59)75-78-73(51-23-8-2-9-24-51)77-74(79-75)52-25-10-3-11-26-52/h1-49H. The van der Waals surface area contributed by atoms with Crippen LogP contribution in [0.1, 0.15) is 22.3 Å². The fourth-order valence-electron chi connectivity index (χ4n) is 13.0. The van der Waals surface area contributed by atoms with E-state index < -0.39 is 5.41 Å². The van der Waals surface area contributed by atoms with Crippen LogP contribution in [-0.4, -0.2) is 24.1 Å². The second-order valence-corrected chi connectivity index (χ2v) is 21.1. The SMILES string of the molecule is c1ccc(-c2ccc3c(c2)c2cc(-c4ccc5c(c4)c4ccccc4n5-c4cccc(-c5nc(-c6ccccc6)nc(-c6ccccc6)n5)c4)ccc2n3-c2ccc3c(c2)C(c2ccccc2)(c2ccccc2)c2ccccc2-3)cc1. The van der Waals surface area contributed by atoms with E-state index in [4.69, 9.17) is 15.0 Å². The molecule has 0 amide bonds. The van der Waals surface area contributed by atoms with Crippen molar-refractivity contribution in [1.82, 2.24) is 24.1 Å². The molecule has 378 valence electrons. The highest BCUT2D eigenvalue weighted by Crippen LogP contribution is 2.57. The Bertz CT molecular complexity index is 4810. The molecule has 0 aliphatic heterocycles. The van der Waals surface area contributed by atoms with E-state index in [1.165, 1.54) is 66.1 Å².